The molecule has 0 saturated heterocycles. The van der Waals surface area contributed by atoms with Crippen LogP contribution in [0.2, 0.25) is 23.2 Å². The van der Waals surface area contributed by atoms with Crippen LogP contribution in [-0.4, -0.2) is 24.7 Å². The molecule has 0 aliphatic rings. The highest BCUT2D eigenvalue weighted by Crippen LogP contribution is 2.36. The van der Waals surface area contributed by atoms with Crippen molar-refractivity contribution in [1.82, 2.24) is 9.78 Å². The molecule has 2 aromatic rings. The molecule has 1 aromatic heterocycles. The van der Waals surface area contributed by atoms with Crippen molar-refractivity contribution in [2.45, 2.75) is 51.7 Å². The second kappa shape index (κ2) is 6.46. The lowest BCUT2D eigenvalue weighted by molar-refractivity contribution is 0.281. The SMILES string of the molecule is Cn1nc2cc(Cl)c(N)cc2c1CCCO[Si](C)(C)C(C)(C)C. The van der Waals surface area contributed by atoms with Gasteiger partial charge in [-0.15, -0.1) is 0 Å². The molecular weight excluding hydrogens is 326 g/mol. The number of nitrogens with two attached hydrogens (primary N) is 1. The third-order valence-corrected chi connectivity index (χ3v) is 9.77. The van der Waals surface area contributed by atoms with E-state index in [2.05, 4.69) is 39.0 Å². The summed E-state index contributed by atoms with van der Waals surface area (Å²) in [7, 11) is 0.296. The summed E-state index contributed by atoms with van der Waals surface area (Å²) < 4.78 is 8.17. The molecule has 2 N–H and O–H groups in total. The first-order chi connectivity index (χ1) is 10.5. The lowest BCUT2D eigenvalue weighted by Gasteiger charge is -2.36. The highest BCUT2D eigenvalue weighted by atomic mass is 35.5. The van der Waals surface area contributed by atoms with Crippen molar-refractivity contribution in [3.05, 3.63) is 22.8 Å². The van der Waals surface area contributed by atoms with E-state index in [9.17, 15) is 0 Å². The van der Waals surface area contributed by atoms with Gasteiger partial charge < -0.3 is 10.2 Å². The average molecular weight is 354 g/mol. The molecule has 128 valence electrons. The Morgan fingerprint density at radius 3 is 2.57 bits per heavy atom. The molecule has 0 amide bonds. The molecule has 2 rings (SSSR count). The van der Waals surface area contributed by atoms with Gasteiger partial charge in [-0.25, -0.2) is 0 Å². The second-order valence-corrected chi connectivity index (χ2v) is 12.9. The molecular formula is C17H28ClN3OSi. The first-order valence-electron chi connectivity index (χ1n) is 8.07. The summed E-state index contributed by atoms with van der Waals surface area (Å²) in [6.45, 7) is 12.2. The summed E-state index contributed by atoms with van der Waals surface area (Å²) in [4.78, 5) is 0. The molecule has 0 spiro atoms. The van der Waals surface area contributed by atoms with Crippen molar-refractivity contribution in [3.8, 4) is 0 Å². The van der Waals surface area contributed by atoms with Crippen molar-refractivity contribution < 1.29 is 4.43 Å². The van der Waals surface area contributed by atoms with Gasteiger partial charge in [-0.1, -0.05) is 32.4 Å². The highest BCUT2D eigenvalue weighted by Gasteiger charge is 2.36. The minimum Gasteiger partial charge on any atom is -0.417 e. The number of benzene rings is 1. The second-order valence-electron chi connectivity index (χ2n) is 7.67. The lowest BCUT2D eigenvalue weighted by atomic mass is 10.1. The zero-order chi connectivity index (χ0) is 17.4. The van der Waals surface area contributed by atoms with Gasteiger partial charge in [-0.2, -0.15) is 5.10 Å². The predicted molar refractivity (Wildman–Crippen MR) is 102 cm³/mol. The third-order valence-electron chi connectivity index (χ3n) is 4.90. The van der Waals surface area contributed by atoms with Crippen molar-refractivity contribution in [3.63, 3.8) is 0 Å². The van der Waals surface area contributed by atoms with Crippen molar-refractivity contribution in [2.75, 3.05) is 12.3 Å². The number of hydrogen-bond donors (Lipinski definition) is 1. The molecule has 1 heterocycles. The fraction of sp³-hybridized carbons (Fsp3) is 0.588. The number of hydrogen-bond acceptors (Lipinski definition) is 3. The van der Waals surface area contributed by atoms with Crippen LogP contribution in [-0.2, 0) is 17.9 Å². The maximum atomic E-state index is 6.25. The van der Waals surface area contributed by atoms with Gasteiger partial charge in [-0.3, -0.25) is 4.68 Å². The van der Waals surface area contributed by atoms with E-state index in [1.165, 1.54) is 5.69 Å². The topological polar surface area (TPSA) is 53.1 Å². The number of rotatable bonds is 5. The Balaban J connectivity index is 2.06. The number of halogens is 1. The Kier molecular flexibility index (Phi) is 5.14. The molecule has 0 saturated carbocycles. The lowest BCUT2D eigenvalue weighted by Crippen LogP contribution is -2.41. The van der Waals surface area contributed by atoms with Crippen LogP contribution in [0.4, 0.5) is 5.69 Å². The summed E-state index contributed by atoms with van der Waals surface area (Å²) >= 11 is 6.08. The highest BCUT2D eigenvalue weighted by molar-refractivity contribution is 6.74. The fourth-order valence-electron chi connectivity index (χ4n) is 2.37. The first kappa shape index (κ1) is 18.3. The standard InChI is InChI=1S/C17H28ClN3OSi/c1-17(2,3)23(5,6)22-9-7-8-16-12-10-14(19)13(18)11-15(12)20-21(16)4/h10-11H,7-9,19H2,1-6H3. The normalized spacial score (nSPS) is 13.0. The van der Waals surface area contributed by atoms with E-state index in [-0.39, 0.29) is 5.04 Å². The molecule has 0 bridgehead atoms. The number of fused-ring (bicyclic) bond motifs is 1. The molecule has 1 aromatic carbocycles. The van der Waals surface area contributed by atoms with Crippen LogP contribution in [0.1, 0.15) is 32.9 Å². The number of nitrogen functional groups attached to an aromatic ring is 1. The van der Waals surface area contributed by atoms with Gasteiger partial charge in [-0.05, 0) is 43.1 Å². The van der Waals surface area contributed by atoms with Crippen LogP contribution in [0, 0.1) is 0 Å². The van der Waals surface area contributed by atoms with Gasteiger partial charge in [0.2, 0.25) is 0 Å². The molecule has 0 radical (unpaired) electrons. The zero-order valence-electron chi connectivity index (χ0n) is 15.0. The Labute approximate surface area is 145 Å². The zero-order valence-corrected chi connectivity index (χ0v) is 16.8. The van der Waals surface area contributed by atoms with Gasteiger partial charge in [0, 0.05) is 24.7 Å². The molecule has 0 fully saturated rings. The van der Waals surface area contributed by atoms with Gasteiger partial charge in [0.15, 0.2) is 8.32 Å². The maximum absolute atomic E-state index is 6.25. The van der Waals surface area contributed by atoms with E-state index in [0.717, 1.165) is 30.4 Å². The van der Waals surface area contributed by atoms with Crippen molar-refractivity contribution in [2.24, 2.45) is 7.05 Å². The van der Waals surface area contributed by atoms with Crippen molar-refractivity contribution >= 4 is 36.5 Å². The Hall–Kier alpha value is -1.04. The van der Waals surface area contributed by atoms with Crippen LogP contribution in [0.3, 0.4) is 0 Å². The molecule has 4 nitrogen and oxygen atoms in total. The van der Waals surface area contributed by atoms with Crippen LogP contribution in [0.5, 0.6) is 0 Å². The summed E-state index contributed by atoms with van der Waals surface area (Å²) in [5.41, 5.74) is 8.62. The number of aryl methyl sites for hydroxylation is 2. The predicted octanol–water partition coefficient (Wildman–Crippen LogP) is 4.76. The van der Waals surface area contributed by atoms with E-state index >= 15 is 0 Å². The Morgan fingerprint density at radius 2 is 1.96 bits per heavy atom. The third kappa shape index (κ3) is 3.90. The molecule has 0 aliphatic heterocycles. The first-order valence-corrected chi connectivity index (χ1v) is 11.4. The van der Waals surface area contributed by atoms with Crippen LogP contribution in [0.25, 0.3) is 10.9 Å². The van der Waals surface area contributed by atoms with E-state index in [1.807, 2.05) is 23.9 Å². The van der Waals surface area contributed by atoms with E-state index in [0.29, 0.717) is 10.7 Å². The molecule has 6 heteroatoms. The van der Waals surface area contributed by atoms with Gasteiger partial charge in [0.05, 0.1) is 16.2 Å². The summed E-state index contributed by atoms with van der Waals surface area (Å²) in [6.07, 6.45) is 1.90. The van der Waals surface area contributed by atoms with Gasteiger partial charge >= 0.3 is 0 Å². The summed E-state index contributed by atoms with van der Waals surface area (Å²) in [6, 6.07) is 3.76. The summed E-state index contributed by atoms with van der Waals surface area (Å²) in [5, 5.41) is 6.42. The van der Waals surface area contributed by atoms with Gasteiger partial charge in [0.1, 0.15) is 0 Å². The number of aromatic nitrogens is 2. The molecule has 0 atom stereocenters. The van der Waals surface area contributed by atoms with E-state index in [4.69, 9.17) is 21.8 Å². The van der Waals surface area contributed by atoms with E-state index < -0.39 is 8.32 Å². The fourth-order valence-corrected chi connectivity index (χ4v) is 3.62. The Morgan fingerprint density at radius 1 is 1.30 bits per heavy atom. The monoisotopic (exact) mass is 353 g/mol. The largest absolute Gasteiger partial charge is 0.417 e. The average Bonchev–Trinajstić information content (AvgIpc) is 2.70. The minimum atomic E-state index is -1.67. The van der Waals surface area contributed by atoms with Crippen molar-refractivity contribution in [1.29, 1.82) is 0 Å². The number of anilines is 1. The minimum absolute atomic E-state index is 0.247. The van der Waals surface area contributed by atoms with Gasteiger partial charge in [0.25, 0.3) is 0 Å². The quantitative estimate of drug-likeness (QED) is 0.478. The molecule has 0 unspecified atom stereocenters. The Bertz CT molecular complexity index is 704. The van der Waals surface area contributed by atoms with Crippen LogP contribution in [0.15, 0.2) is 12.1 Å². The van der Waals surface area contributed by atoms with E-state index in [1.54, 1.807) is 0 Å². The van der Waals surface area contributed by atoms with Crippen LogP contribution < -0.4 is 5.73 Å². The maximum Gasteiger partial charge on any atom is 0.191 e. The number of nitrogens with zero attached hydrogens (tertiary/aromatic N) is 2. The molecule has 23 heavy (non-hydrogen) atoms. The smallest absolute Gasteiger partial charge is 0.191 e. The van der Waals surface area contributed by atoms with Crippen LogP contribution >= 0.6 is 11.6 Å². The molecule has 0 aliphatic carbocycles. The summed E-state index contributed by atoms with van der Waals surface area (Å²) in [5.74, 6) is 0.